The number of methoxy groups -OCH3 is 2. The average molecular weight is 689 g/mol. The third-order valence-electron chi connectivity index (χ3n) is 9.13. The Balaban J connectivity index is 1.15. The number of piperazine rings is 1. The van der Waals surface area contributed by atoms with Gasteiger partial charge in [0.15, 0.2) is 10.6 Å². The number of carboxylic acids is 1. The first kappa shape index (κ1) is 32.5. The summed E-state index contributed by atoms with van der Waals surface area (Å²) in [5, 5.41) is 14.4. The Kier molecular flexibility index (Phi) is 8.67. The number of aromatic nitrogens is 4. The van der Waals surface area contributed by atoms with Crippen molar-refractivity contribution in [2.24, 2.45) is 0 Å². The van der Waals surface area contributed by atoms with Crippen LogP contribution in [-0.2, 0) is 13.2 Å². The van der Waals surface area contributed by atoms with Gasteiger partial charge in [0.1, 0.15) is 29.1 Å². The van der Waals surface area contributed by atoms with Crippen LogP contribution in [0.25, 0.3) is 22.3 Å². The number of ether oxygens (including phenoxy) is 2. The molecular weight excluding hydrogens is 654 g/mol. The molecule has 254 valence electrons. The largest absolute Gasteiger partial charge is 0.497 e. The van der Waals surface area contributed by atoms with Crippen LogP contribution in [-0.4, -0.2) is 81.5 Å². The molecule has 0 spiro atoms. The Morgan fingerprint density at radius 1 is 1.02 bits per heavy atom. The van der Waals surface area contributed by atoms with Crippen LogP contribution in [0.15, 0.2) is 71.7 Å². The number of alkyl halides is 1. The van der Waals surface area contributed by atoms with Crippen molar-refractivity contribution in [3.63, 3.8) is 0 Å². The van der Waals surface area contributed by atoms with Crippen molar-refractivity contribution in [3.8, 4) is 22.9 Å². The lowest BCUT2D eigenvalue weighted by Crippen LogP contribution is -2.47. The highest BCUT2D eigenvalue weighted by molar-refractivity contribution is 7.71. The molecule has 1 N–H and O–H groups in total. The number of carbonyl (C=O) groups is 1. The fraction of sp³-hybridized carbons (Fsp3) is 0.314. The number of carboxylic acid groups (broad SMARTS) is 1. The molecule has 0 radical (unpaired) electrons. The van der Waals surface area contributed by atoms with Gasteiger partial charge in [0.25, 0.3) is 0 Å². The number of rotatable bonds is 10. The molecule has 1 aliphatic carbocycles. The lowest BCUT2D eigenvalue weighted by molar-refractivity contribution is 0.0694. The van der Waals surface area contributed by atoms with Crippen molar-refractivity contribution in [3.05, 3.63) is 98.8 Å². The van der Waals surface area contributed by atoms with Crippen LogP contribution in [0.5, 0.6) is 11.5 Å². The van der Waals surface area contributed by atoms with E-state index in [1.165, 1.54) is 16.8 Å². The summed E-state index contributed by atoms with van der Waals surface area (Å²) in [6.45, 7) is 2.96. The lowest BCUT2D eigenvalue weighted by atomic mass is 10.1. The molecule has 49 heavy (non-hydrogen) atoms. The van der Waals surface area contributed by atoms with Gasteiger partial charge in [0.2, 0.25) is 5.43 Å². The highest BCUT2D eigenvalue weighted by Gasteiger charge is 2.40. The topological polar surface area (TPSA) is 107 Å². The molecule has 1 saturated heterocycles. The third-order valence-corrected chi connectivity index (χ3v) is 9.56. The maximum atomic E-state index is 15.6. The molecule has 3 heterocycles. The zero-order chi connectivity index (χ0) is 34.4. The molecule has 0 amide bonds. The molecule has 2 aliphatic rings. The van der Waals surface area contributed by atoms with Gasteiger partial charge in [-0.05, 0) is 42.0 Å². The van der Waals surface area contributed by atoms with E-state index >= 15 is 4.39 Å². The van der Waals surface area contributed by atoms with Crippen LogP contribution in [0.4, 0.5) is 14.5 Å². The van der Waals surface area contributed by atoms with E-state index in [2.05, 4.69) is 4.90 Å². The highest BCUT2D eigenvalue weighted by Crippen LogP contribution is 2.41. The molecule has 14 heteroatoms. The molecule has 0 unspecified atom stereocenters. The standard InChI is InChI=1S/C35H34F2N6O5S/c1-47-23-12-22(13-24(14-23)48-2)33-38-43(35(49)42(33)18-21-6-4-3-5-7-21)20-39-8-10-40(11-9-39)30-17-29-25(15-27(30)36)32(44)26(34(45)46)19-41(29)31-16-28(31)37/h3-7,12-15,17,19,28,31H,8-11,16,18,20H2,1-2H3,(H,45,46)/t28-,31+/m0/s1. The zero-order valence-corrected chi connectivity index (χ0v) is 27.7. The van der Waals surface area contributed by atoms with Gasteiger partial charge in [-0.25, -0.2) is 18.3 Å². The fourth-order valence-corrected chi connectivity index (χ4v) is 6.63. The van der Waals surface area contributed by atoms with Gasteiger partial charge in [0.05, 0.1) is 44.7 Å². The SMILES string of the molecule is COc1cc(OC)cc(-c2nn(CN3CCN(c4cc5c(cc4F)c(=O)c(C(=O)O)cn5[C@@H]4C[C@@H]4F)CC3)c(=S)n2Cc2ccccc2)c1. The van der Waals surface area contributed by atoms with Crippen molar-refractivity contribution in [2.75, 3.05) is 45.3 Å². The van der Waals surface area contributed by atoms with Gasteiger partial charge in [-0.1, -0.05) is 30.3 Å². The van der Waals surface area contributed by atoms with Gasteiger partial charge >= 0.3 is 5.97 Å². The van der Waals surface area contributed by atoms with E-state index in [1.54, 1.807) is 25.0 Å². The van der Waals surface area contributed by atoms with Gasteiger partial charge in [0, 0.05) is 55.8 Å². The number of aromatic carboxylic acids is 1. The molecule has 5 aromatic rings. The zero-order valence-electron chi connectivity index (χ0n) is 26.9. The molecule has 11 nitrogen and oxygen atoms in total. The number of halogens is 2. The van der Waals surface area contributed by atoms with E-state index in [0.717, 1.165) is 17.2 Å². The Morgan fingerprint density at radius 3 is 2.31 bits per heavy atom. The van der Waals surface area contributed by atoms with Gasteiger partial charge in [-0.2, -0.15) is 5.10 Å². The van der Waals surface area contributed by atoms with E-state index in [9.17, 15) is 19.1 Å². The van der Waals surface area contributed by atoms with E-state index in [0.29, 0.717) is 67.0 Å². The summed E-state index contributed by atoms with van der Waals surface area (Å²) in [5.41, 5.74) is 1.14. The summed E-state index contributed by atoms with van der Waals surface area (Å²) < 4.78 is 46.5. The number of nitrogens with zero attached hydrogens (tertiary/aromatic N) is 6. The van der Waals surface area contributed by atoms with Crippen molar-refractivity contribution in [1.29, 1.82) is 0 Å². The number of anilines is 1. The monoisotopic (exact) mass is 688 g/mol. The van der Waals surface area contributed by atoms with Crippen LogP contribution in [0.2, 0.25) is 0 Å². The molecule has 1 aliphatic heterocycles. The smallest absolute Gasteiger partial charge is 0.341 e. The Labute approximate surface area is 285 Å². The molecule has 2 atom stereocenters. The second kappa shape index (κ2) is 13.1. The fourth-order valence-electron chi connectivity index (χ4n) is 6.38. The quantitative estimate of drug-likeness (QED) is 0.194. The first-order valence-electron chi connectivity index (χ1n) is 15.8. The van der Waals surface area contributed by atoms with E-state index < -0.39 is 35.0 Å². The minimum absolute atomic E-state index is 0.0798. The van der Waals surface area contributed by atoms with E-state index in [1.807, 2.05) is 51.9 Å². The number of benzene rings is 3. The molecule has 1 saturated carbocycles. The number of hydrogen-bond acceptors (Lipinski definition) is 8. The normalized spacial score (nSPS) is 17.8. The van der Waals surface area contributed by atoms with Crippen LogP contribution in [0.3, 0.4) is 0 Å². The minimum atomic E-state index is -1.43. The van der Waals surface area contributed by atoms with Crippen molar-refractivity contribution < 1.29 is 28.2 Å². The summed E-state index contributed by atoms with van der Waals surface area (Å²) in [5.74, 6) is -0.165. The predicted molar refractivity (Wildman–Crippen MR) is 183 cm³/mol. The average Bonchev–Trinajstić information content (AvgIpc) is 3.77. The highest BCUT2D eigenvalue weighted by atomic mass is 32.1. The summed E-state index contributed by atoms with van der Waals surface area (Å²) in [7, 11) is 3.19. The first-order chi connectivity index (χ1) is 23.6. The van der Waals surface area contributed by atoms with Crippen LogP contribution in [0, 0.1) is 10.6 Å². The molecule has 0 bridgehead atoms. The molecule has 7 rings (SSSR count). The molecule has 2 fully saturated rings. The van der Waals surface area contributed by atoms with Crippen molar-refractivity contribution in [2.45, 2.75) is 31.8 Å². The lowest BCUT2D eigenvalue weighted by Gasteiger charge is -2.36. The number of hydrogen-bond donors (Lipinski definition) is 1. The van der Waals surface area contributed by atoms with Crippen molar-refractivity contribution in [1.82, 2.24) is 23.8 Å². The summed E-state index contributed by atoms with van der Waals surface area (Å²) in [6, 6.07) is 17.6. The maximum Gasteiger partial charge on any atom is 0.341 e. The second-order valence-electron chi connectivity index (χ2n) is 12.2. The summed E-state index contributed by atoms with van der Waals surface area (Å²) in [6.07, 6.45) is 0.227. The molecule has 2 aromatic heterocycles. The number of fused-ring (bicyclic) bond motifs is 1. The maximum absolute atomic E-state index is 15.6. The molecule has 3 aromatic carbocycles. The van der Waals surface area contributed by atoms with Gasteiger partial charge in [-0.3, -0.25) is 14.3 Å². The Morgan fingerprint density at radius 2 is 1.69 bits per heavy atom. The molecular formula is C35H34F2N6O5S. The third kappa shape index (κ3) is 6.29. The van der Waals surface area contributed by atoms with E-state index in [-0.39, 0.29) is 17.5 Å². The number of pyridine rings is 1. The van der Waals surface area contributed by atoms with Crippen LogP contribution < -0.4 is 19.8 Å². The minimum Gasteiger partial charge on any atom is -0.497 e. The van der Waals surface area contributed by atoms with Crippen molar-refractivity contribution >= 4 is 34.8 Å². The Bertz CT molecular complexity index is 2160. The summed E-state index contributed by atoms with van der Waals surface area (Å²) >= 11 is 5.97. The first-order valence-corrected chi connectivity index (χ1v) is 16.2. The second-order valence-corrected chi connectivity index (χ2v) is 12.6. The Hall–Kier alpha value is -5.08. The van der Waals surface area contributed by atoms with Crippen LogP contribution >= 0.6 is 12.2 Å². The predicted octanol–water partition coefficient (Wildman–Crippen LogP) is 5.36. The van der Waals surface area contributed by atoms with Crippen LogP contribution in [0.1, 0.15) is 28.4 Å². The van der Waals surface area contributed by atoms with Gasteiger partial charge < -0.3 is 24.0 Å². The van der Waals surface area contributed by atoms with E-state index in [4.69, 9.17) is 26.8 Å². The van der Waals surface area contributed by atoms with Gasteiger partial charge in [-0.15, -0.1) is 0 Å². The summed E-state index contributed by atoms with van der Waals surface area (Å²) in [4.78, 5) is 28.7.